The summed E-state index contributed by atoms with van der Waals surface area (Å²) in [6, 6.07) is 10.9. The van der Waals surface area contributed by atoms with Gasteiger partial charge in [-0.3, -0.25) is 4.57 Å². The molecule has 22 heavy (non-hydrogen) atoms. The van der Waals surface area contributed by atoms with Gasteiger partial charge in [0, 0.05) is 12.5 Å². The summed E-state index contributed by atoms with van der Waals surface area (Å²) in [7, 11) is -1.84. The van der Waals surface area contributed by atoms with E-state index in [0.29, 0.717) is 17.7 Å². The van der Waals surface area contributed by atoms with E-state index in [-0.39, 0.29) is 5.16 Å². The van der Waals surface area contributed by atoms with Gasteiger partial charge in [0.1, 0.15) is 11.3 Å². The Morgan fingerprint density at radius 2 is 1.91 bits per heavy atom. The van der Waals surface area contributed by atoms with Crippen LogP contribution >= 0.6 is 0 Å². The standard InChI is InChI=1S/C15H15N3O3S/c1-21-12-7-5-11(6-8-12)10-18-14-13(4-3-9-16-14)17-15(18)22(2,19)20/h3-9H,10H2,1-2H3. The van der Waals surface area contributed by atoms with Crippen molar-refractivity contribution >= 4 is 21.0 Å². The highest BCUT2D eigenvalue weighted by Crippen LogP contribution is 2.20. The molecule has 0 bridgehead atoms. The molecule has 7 heteroatoms. The summed E-state index contributed by atoms with van der Waals surface area (Å²) in [6.07, 6.45) is 2.78. The molecule has 0 amide bonds. The lowest BCUT2D eigenvalue weighted by molar-refractivity contribution is 0.414. The Morgan fingerprint density at radius 1 is 1.18 bits per heavy atom. The third-order valence-electron chi connectivity index (χ3n) is 3.30. The van der Waals surface area contributed by atoms with Crippen LogP contribution in [0.15, 0.2) is 47.8 Å². The van der Waals surface area contributed by atoms with Gasteiger partial charge in [-0.15, -0.1) is 0 Å². The molecule has 0 atom stereocenters. The number of sulfone groups is 1. The van der Waals surface area contributed by atoms with E-state index in [1.54, 1.807) is 30.0 Å². The number of hydrogen-bond acceptors (Lipinski definition) is 5. The average molecular weight is 317 g/mol. The lowest BCUT2D eigenvalue weighted by atomic mass is 10.2. The summed E-state index contributed by atoms with van der Waals surface area (Å²) in [5, 5.41) is 0.0250. The monoisotopic (exact) mass is 317 g/mol. The van der Waals surface area contributed by atoms with Gasteiger partial charge in [-0.05, 0) is 29.8 Å². The Bertz CT molecular complexity index is 915. The highest BCUT2D eigenvalue weighted by atomic mass is 32.2. The van der Waals surface area contributed by atoms with Crippen LogP contribution < -0.4 is 4.74 Å². The van der Waals surface area contributed by atoms with Crippen molar-refractivity contribution in [2.24, 2.45) is 0 Å². The molecule has 2 heterocycles. The number of aromatic nitrogens is 3. The van der Waals surface area contributed by atoms with Gasteiger partial charge in [0.05, 0.1) is 13.7 Å². The molecule has 0 aliphatic rings. The molecule has 114 valence electrons. The van der Waals surface area contributed by atoms with Gasteiger partial charge < -0.3 is 4.74 Å². The first kappa shape index (κ1) is 14.5. The number of benzene rings is 1. The predicted octanol–water partition coefficient (Wildman–Crippen LogP) is 1.89. The van der Waals surface area contributed by atoms with Crippen LogP contribution in [0.3, 0.4) is 0 Å². The van der Waals surface area contributed by atoms with Crippen LogP contribution in [0, 0.1) is 0 Å². The predicted molar refractivity (Wildman–Crippen MR) is 82.7 cm³/mol. The summed E-state index contributed by atoms with van der Waals surface area (Å²) in [5.74, 6) is 0.751. The topological polar surface area (TPSA) is 74.1 Å². The third kappa shape index (κ3) is 2.67. The molecular weight excluding hydrogens is 302 g/mol. The first-order valence-electron chi connectivity index (χ1n) is 6.63. The highest BCUT2D eigenvalue weighted by Gasteiger charge is 2.20. The molecule has 6 nitrogen and oxygen atoms in total. The Labute approximate surface area is 128 Å². The molecule has 3 aromatic rings. The number of nitrogens with zero attached hydrogens (tertiary/aromatic N) is 3. The second kappa shape index (κ2) is 5.42. The van der Waals surface area contributed by atoms with Crippen molar-refractivity contribution in [2.75, 3.05) is 13.4 Å². The van der Waals surface area contributed by atoms with Crippen LogP contribution in [0.1, 0.15) is 5.56 Å². The van der Waals surface area contributed by atoms with Crippen molar-refractivity contribution in [3.8, 4) is 5.75 Å². The molecule has 0 aliphatic carbocycles. The number of pyridine rings is 1. The number of methoxy groups -OCH3 is 1. The van der Waals surface area contributed by atoms with Gasteiger partial charge in [0.25, 0.3) is 0 Å². The fraction of sp³-hybridized carbons (Fsp3) is 0.200. The van der Waals surface area contributed by atoms with Crippen molar-refractivity contribution in [1.82, 2.24) is 14.5 Å². The minimum Gasteiger partial charge on any atom is -0.497 e. The first-order valence-corrected chi connectivity index (χ1v) is 8.52. The zero-order valence-electron chi connectivity index (χ0n) is 12.2. The maximum atomic E-state index is 12.0. The van der Waals surface area contributed by atoms with Gasteiger partial charge in [0.15, 0.2) is 5.65 Å². The lowest BCUT2D eigenvalue weighted by Gasteiger charge is -2.08. The molecule has 0 N–H and O–H groups in total. The van der Waals surface area contributed by atoms with Crippen LogP contribution in [-0.2, 0) is 16.4 Å². The average Bonchev–Trinajstić information content (AvgIpc) is 2.87. The molecule has 0 unspecified atom stereocenters. The quantitative estimate of drug-likeness (QED) is 0.734. The largest absolute Gasteiger partial charge is 0.497 e. The summed E-state index contributed by atoms with van der Waals surface area (Å²) in [6.45, 7) is 0.375. The fourth-order valence-electron chi connectivity index (χ4n) is 2.28. The van der Waals surface area contributed by atoms with E-state index in [0.717, 1.165) is 17.6 Å². The summed E-state index contributed by atoms with van der Waals surface area (Å²) in [4.78, 5) is 8.46. The molecular formula is C15H15N3O3S. The zero-order valence-corrected chi connectivity index (χ0v) is 13.0. The Hall–Kier alpha value is -2.41. The van der Waals surface area contributed by atoms with E-state index in [9.17, 15) is 8.42 Å². The Balaban J connectivity index is 2.11. The Kier molecular flexibility index (Phi) is 3.58. The fourth-order valence-corrected chi connectivity index (χ4v) is 3.09. The van der Waals surface area contributed by atoms with Crippen LogP contribution in [-0.4, -0.2) is 36.3 Å². The molecule has 2 aromatic heterocycles. The number of hydrogen-bond donors (Lipinski definition) is 0. The highest BCUT2D eigenvalue weighted by molar-refractivity contribution is 7.90. The van der Waals surface area contributed by atoms with E-state index in [4.69, 9.17) is 4.74 Å². The summed E-state index contributed by atoms with van der Waals surface area (Å²) >= 11 is 0. The van der Waals surface area contributed by atoms with Crippen molar-refractivity contribution < 1.29 is 13.2 Å². The molecule has 0 spiro atoms. The zero-order chi connectivity index (χ0) is 15.7. The maximum Gasteiger partial charge on any atom is 0.229 e. The van der Waals surface area contributed by atoms with E-state index < -0.39 is 9.84 Å². The molecule has 3 rings (SSSR count). The number of fused-ring (bicyclic) bond motifs is 1. The van der Waals surface area contributed by atoms with Crippen molar-refractivity contribution in [3.63, 3.8) is 0 Å². The third-order valence-corrected chi connectivity index (χ3v) is 4.28. The van der Waals surface area contributed by atoms with Crippen LogP contribution in [0.2, 0.25) is 0 Å². The normalized spacial score (nSPS) is 11.7. The van der Waals surface area contributed by atoms with Gasteiger partial charge >= 0.3 is 0 Å². The number of ether oxygens (including phenoxy) is 1. The van der Waals surface area contributed by atoms with Gasteiger partial charge in [-0.25, -0.2) is 18.4 Å². The van der Waals surface area contributed by atoms with Crippen LogP contribution in [0.4, 0.5) is 0 Å². The second-order valence-electron chi connectivity index (χ2n) is 4.95. The first-order chi connectivity index (χ1) is 10.5. The van der Waals surface area contributed by atoms with Crippen molar-refractivity contribution in [1.29, 1.82) is 0 Å². The van der Waals surface area contributed by atoms with E-state index in [1.165, 1.54) is 0 Å². The molecule has 1 aromatic carbocycles. The maximum absolute atomic E-state index is 12.0. The Morgan fingerprint density at radius 3 is 2.55 bits per heavy atom. The molecule has 0 radical (unpaired) electrons. The van der Waals surface area contributed by atoms with Crippen molar-refractivity contribution in [2.45, 2.75) is 11.7 Å². The lowest BCUT2D eigenvalue weighted by Crippen LogP contribution is -2.10. The van der Waals surface area contributed by atoms with E-state index in [2.05, 4.69) is 9.97 Å². The number of rotatable bonds is 4. The molecule has 0 aliphatic heterocycles. The summed E-state index contributed by atoms with van der Waals surface area (Å²) in [5.41, 5.74) is 2.06. The van der Waals surface area contributed by atoms with Gasteiger partial charge in [-0.2, -0.15) is 0 Å². The van der Waals surface area contributed by atoms with Gasteiger partial charge in [-0.1, -0.05) is 12.1 Å². The van der Waals surface area contributed by atoms with Gasteiger partial charge in [0.2, 0.25) is 15.0 Å². The number of imidazole rings is 1. The van der Waals surface area contributed by atoms with E-state index >= 15 is 0 Å². The summed E-state index contributed by atoms with van der Waals surface area (Å²) < 4.78 is 30.7. The molecule has 0 saturated heterocycles. The minimum absolute atomic E-state index is 0.0250. The van der Waals surface area contributed by atoms with Crippen LogP contribution in [0.5, 0.6) is 5.75 Å². The molecule has 0 fully saturated rings. The minimum atomic E-state index is -3.44. The van der Waals surface area contributed by atoms with Crippen LogP contribution in [0.25, 0.3) is 11.2 Å². The molecule has 0 saturated carbocycles. The smallest absolute Gasteiger partial charge is 0.229 e. The van der Waals surface area contributed by atoms with E-state index in [1.807, 2.05) is 24.3 Å². The SMILES string of the molecule is COc1ccc(Cn2c(S(C)(=O)=O)nc3cccnc32)cc1. The second-order valence-corrected chi connectivity index (χ2v) is 6.86. The van der Waals surface area contributed by atoms with Crippen molar-refractivity contribution in [3.05, 3.63) is 48.2 Å².